The summed E-state index contributed by atoms with van der Waals surface area (Å²) in [4.78, 5) is 0. The van der Waals surface area contributed by atoms with E-state index in [-0.39, 0.29) is 0 Å². The van der Waals surface area contributed by atoms with Crippen molar-refractivity contribution >= 4 is 0 Å². The molecule has 0 amide bonds. The van der Waals surface area contributed by atoms with Crippen LogP contribution in [0, 0.1) is 35.0 Å². The van der Waals surface area contributed by atoms with Crippen molar-refractivity contribution in [1.29, 1.82) is 0 Å². The van der Waals surface area contributed by atoms with E-state index in [0.717, 1.165) is 30.6 Å². The zero-order valence-electron chi connectivity index (χ0n) is 11.5. The van der Waals surface area contributed by atoms with Gasteiger partial charge in [0.05, 0.1) is 0 Å². The molecule has 100 valence electrons. The van der Waals surface area contributed by atoms with Crippen molar-refractivity contribution in [3.8, 4) is 11.8 Å². The molecule has 4 fully saturated rings. The van der Waals surface area contributed by atoms with E-state index in [9.17, 15) is 0 Å². The lowest BCUT2D eigenvalue weighted by molar-refractivity contribution is -0.0750. The van der Waals surface area contributed by atoms with E-state index in [1.807, 2.05) is 6.92 Å². The standard InChI is InChI=1S/C16H26N2/c1-2-3-4-5-15(18-17)16-9-12-6-13(10-16)8-14(7-12)11-16/h12-15,18H,4-11,17H2,1H3. The lowest BCUT2D eigenvalue weighted by Crippen LogP contribution is -2.57. The molecule has 2 nitrogen and oxygen atoms in total. The Morgan fingerprint density at radius 1 is 1.17 bits per heavy atom. The van der Waals surface area contributed by atoms with Crippen LogP contribution in [0.1, 0.15) is 58.3 Å². The Morgan fingerprint density at radius 3 is 2.17 bits per heavy atom. The van der Waals surface area contributed by atoms with Crippen molar-refractivity contribution in [1.82, 2.24) is 5.43 Å². The van der Waals surface area contributed by atoms with Crippen molar-refractivity contribution in [3.05, 3.63) is 0 Å². The van der Waals surface area contributed by atoms with Gasteiger partial charge in [-0.3, -0.25) is 11.3 Å². The molecule has 0 aromatic heterocycles. The molecule has 0 aromatic rings. The van der Waals surface area contributed by atoms with Crippen molar-refractivity contribution in [3.63, 3.8) is 0 Å². The highest BCUT2D eigenvalue weighted by molar-refractivity contribution is 5.07. The minimum Gasteiger partial charge on any atom is -0.271 e. The fourth-order valence-corrected chi connectivity index (χ4v) is 5.51. The van der Waals surface area contributed by atoms with Gasteiger partial charge < -0.3 is 0 Å². The lowest BCUT2D eigenvalue weighted by Gasteiger charge is -2.59. The molecular weight excluding hydrogens is 220 g/mol. The van der Waals surface area contributed by atoms with Crippen LogP contribution in [0.25, 0.3) is 0 Å². The van der Waals surface area contributed by atoms with E-state index in [2.05, 4.69) is 17.3 Å². The predicted octanol–water partition coefficient (Wildman–Crippen LogP) is 2.84. The SMILES string of the molecule is CC#CCCC(NN)C12CC3CC(CC(C3)C1)C2. The maximum absolute atomic E-state index is 5.88. The Bertz CT molecular complexity index is 328. The lowest BCUT2D eigenvalue weighted by atomic mass is 9.47. The second-order valence-electron chi connectivity index (χ2n) is 6.96. The van der Waals surface area contributed by atoms with Gasteiger partial charge >= 0.3 is 0 Å². The van der Waals surface area contributed by atoms with Gasteiger partial charge in [0.1, 0.15) is 0 Å². The predicted molar refractivity (Wildman–Crippen MR) is 74.4 cm³/mol. The summed E-state index contributed by atoms with van der Waals surface area (Å²) in [6.07, 6.45) is 10.9. The highest BCUT2D eigenvalue weighted by Crippen LogP contribution is 2.61. The summed E-state index contributed by atoms with van der Waals surface area (Å²) in [7, 11) is 0. The molecule has 4 saturated carbocycles. The van der Waals surface area contributed by atoms with Gasteiger partial charge in [0.25, 0.3) is 0 Å². The van der Waals surface area contributed by atoms with Crippen LogP contribution in [-0.2, 0) is 0 Å². The summed E-state index contributed by atoms with van der Waals surface area (Å²) in [5, 5.41) is 0. The van der Waals surface area contributed by atoms with Crippen LogP contribution < -0.4 is 11.3 Å². The van der Waals surface area contributed by atoms with E-state index in [1.165, 1.54) is 38.5 Å². The molecule has 0 radical (unpaired) electrons. The van der Waals surface area contributed by atoms with Crippen LogP contribution in [-0.4, -0.2) is 6.04 Å². The molecule has 0 heterocycles. The fourth-order valence-electron chi connectivity index (χ4n) is 5.51. The molecule has 0 spiro atoms. The zero-order chi connectivity index (χ0) is 12.6. The number of nitrogens with one attached hydrogen (secondary N) is 1. The molecular formula is C16H26N2. The van der Waals surface area contributed by atoms with E-state index in [4.69, 9.17) is 5.84 Å². The number of hydrogen-bond donors (Lipinski definition) is 2. The molecule has 4 rings (SSSR count). The number of nitrogens with two attached hydrogens (primary N) is 1. The van der Waals surface area contributed by atoms with Crippen LogP contribution in [0.15, 0.2) is 0 Å². The van der Waals surface area contributed by atoms with Crippen LogP contribution in [0.3, 0.4) is 0 Å². The molecule has 1 unspecified atom stereocenters. The Labute approximate surface area is 111 Å². The molecule has 4 aliphatic rings. The molecule has 0 aromatic carbocycles. The summed E-state index contributed by atoms with van der Waals surface area (Å²) >= 11 is 0. The third-order valence-electron chi connectivity index (χ3n) is 5.76. The molecule has 2 heteroatoms. The Morgan fingerprint density at radius 2 is 1.72 bits per heavy atom. The molecule has 1 atom stereocenters. The summed E-state index contributed by atoms with van der Waals surface area (Å²) < 4.78 is 0. The van der Waals surface area contributed by atoms with Crippen LogP contribution in [0.4, 0.5) is 0 Å². The summed E-state index contributed by atoms with van der Waals surface area (Å²) in [6, 6.07) is 0.492. The third-order valence-corrected chi connectivity index (χ3v) is 5.76. The van der Waals surface area contributed by atoms with Gasteiger partial charge in [0.15, 0.2) is 0 Å². The van der Waals surface area contributed by atoms with E-state index in [1.54, 1.807) is 0 Å². The van der Waals surface area contributed by atoms with Gasteiger partial charge in [0.2, 0.25) is 0 Å². The average Bonchev–Trinajstić information content (AvgIpc) is 2.32. The fraction of sp³-hybridized carbons (Fsp3) is 0.875. The molecule has 18 heavy (non-hydrogen) atoms. The minimum absolute atomic E-state index is 0.492. The first kappa shape index (κ1) is 12.5. The summed E-state index contributed by atoms with van der Waals surface area (Å²) in [5.74, 6) is 15.1. The van der Waals surface area contributed by atoms with Crippen molar-refractivity contribution < 1.29 is 0 Å². The monoisotopic (exact) mass is 246 g/mol. The van der Waals surface area contributed by atoms with Crippen LogP contribution >= 0.6 is 0 Å². The number of hydrogen-bond acceptors (Lipinski definition) is 2. The van der Waals surface area contributed by atoms with Crippen molar-refractivity contribution in [2.45, 2.75) is 64.3 Å². The highest BCUT2D eigenvalue weighted by Gasteiger charge is 2.53. The largest absolute Gasteiger partial charge is 0.271 e. The number of rotatable bonds is 4. The van der Waals surface area contributed by atoms with Crippen LogP contribution in [0.2, 0.25) is 0 Å². The smallest absolute Gasteiger partial charge is 0.0276 e. The maximum Gasteiger partial charge on any atom is 0.0276 e. The van der Waals surface area contributed by atoms with Gasteiger partial charge in [-0.25, -0.2) is 0 Å². The Hall–Kier alpha value is -0.520. The zero-order valence-corrected chi connectivity index (χ0v) is 11.5. The van der Waals surface area contributed by atoms with E-state index >= 15 is 0 Å². The highest BCUT2D eigenvalue weighted by atomic mass is 15.2. The van der Waals surface area contributed by atoms with Crippen molar-refractivity contribution in [2.24, 2.45) is 29.0 Å². The van der Waals surface area contributed by atoms with Gasteiger partial charge in [-0.1, -0.05) is 0 Å². The topological polar surface area (TPSA) is 38.0 Å². The first-order valence-electron chi connectivity index (χ1n) is 7.61. The van der Waals surface area contributed by atoms with Gasteiger partial charge in [-0.15, -0.1) is 11.8 Å². The first-order valence-corrected chi connectivity index (χ1v) is 7.61. The molecule has 4 aliphatic carbocycles. The summed E-state index contributed by atoms with van der Waals surface area (Å²) in [6.45, 7) is 1.93. The van der Waals surface area contributed by atoms with Crippen molar-refractivity contribution in [2.75, 3.05) is 0 Å². The van der Waals surface area contributed by atoms with E-state index in [0.29, 0.717) is 11.5 Å². The normalized spacial score (nSPS) is 42.4. The van der Waals surface area contributed by atoms with Crippen LogP contribution in [0.5, 0.6) is 0 Å². The molecule has 0 aliphatic heterocycles. The maximum atomic E-state index is 5.88. The average molecular weight is 246 g/mol. The Balaban J connectivity index is 1.73. The van der Waals surface area contributed by atoms with E-state index < -0.39 is 0 Å². The molecule has 3 N–H and O–H groups in total. The minimum atomic E-state index is 0.492. The van der Waals surface area contributed by atoms with Gasteiger partial charge in [-0.05, 0) is 75.0 Å². The van der Waals surface area contributed by atoms with Gasteiger partial charge in [-0.2, -0.15) is 0 Å². The molecule has 0 saturated heterocycles. The molecule has 4 bridgehead atoms. The summed E-state index contributed by atoms with van der Waals surface area (Å²) in [5.41, 5.74) is 3.66. The second-order valence-corrected chi connectivity index (χ2v) is 6.96. The third kappa shape index (κ3) is 2.08. The number of hydrazine groups is 1. The Kier molecular flexibility index (Phi) is 3.38. The quantitative estimate of drug-likeness (QED) is 0.455. The second kappa shape index (κ2) is 4.87. The first-order chi connectivity index (χ1) is 8.75. The van der Waals surface area contributed by atoms with Gasteiger partial charge in [0, 0.05) is 12.5 Å².